The standard InChI is InChI=1S/C17H13NS2/c1-12-15(13-8-4-2-5-9-13)18-17(19)20-16(12)14-10-6-3-7-11-14/h2-11H,1H3. The van der Waals surface area contributed by atoms with E-state index in [4.69, 9.17) is 12.2 Å². The average molecular weight is 295 g/mol. The molecule has 3 rings (SSSR count). The molecular formula is C17H13NS2. The Hall–Kier alpha value is -1.84. The van der Waals surface area contributed by atoms with Gasteiger partial charge in [0.1, 0.15) is 0 Å². The van der Waals surface area contributed by atoms with Crippen LogP contribution in [0.15, 0.2) is 60.7 Å². The van der Waals surface area contributed by atoms with Crippen LogP contribution in [0.5, 0.6) is 0 Å². The maximum absolute atomic E-state index is 5.35. The number of benzene rings is 2. The summed E-state index contributed by atoms with van der Waals surface area (Å²) in [6.45, 7) is 2.11. The first-order chi connectivity index (χ1) is 9.75. The lowest BCUT2D eigenvalue weighted by atomic mass is 10.0. The summed E-state index contributed by atoms with van der Waals surface area (Å²) >= 11 is 6.92. The van der Waals surface area contributed by atoms with Crippen LogP contribution in [0.25, 0.3) is 21.7 Å². The Bertz CT molecular complexity index is 713. The molecule has 0 atom stereocenters. The highest BCUT2D eigenvalue weighted by molar-refractivity contribution is 7.73. The highest BCUT2D eigenvalue weighted by Gasteiger charge is 2.10. The first kappa shape index (κ1) is 13.2. The van der Waals surface area contributed by atoms with Crippen molar-refractivity contribution < 1.29 is 0 Å². The fourth-order valence-electron chi connectivity index (χ4n) is 2.21. The van der Waals surface area contributed by atoms with Gasteiger partial charge in [-0.1, -0.05) is 60.7 Å². The molecule has 0 radical (unpaired) electrons. The molecule has 0 spiro atoms. The van der Waals surface area contributed by atoms with E-state index in [2.05, 4.69) is 36.2 Å². The lowest BCUT2D eigenvalue weighted by molar-refractivity contribution is 1.30. The fraction of sp³-hybridized carbons (Fsp3) is 0.0588. The van der Waals surface area contributed by atoms with Crippen LogP contribution in [0.3, 0.4) is 0 Å². The molecule has 3 aromatic rings. The van der Waals surface area contributed by atoms with Gasteiger partial charge in [-0.25, -0.2) is 4.98 Å². The van der Waals surface area contributed by atoms with Crippen molar-refractivity contribution in [3.05, 3.63) is 70.2 Å². The summed E-state index contributed by atoms with van der Waals surface area (Å²) < 4.78 is 0.674. The summed E-state index contributed by atoms with van der Waals surface area (Å²) in [5, 5.41) is 0. The minimum atomic E-state index is 0.674. The van der Waals surface area contributed by atoms with Gasteiger partial charge in [0.2, 0.25) is 0 Å². The van der Waals surface area contributed by atoms with Gasteiger partial charge in [-0.15, -0.1) is 11.3 Å². The first-order valence-electron chi connectivity index (χ1n) is 6.38. The smallest absolute Gasteiger partial charge is 0.181 e. The van der Waals surface area contributed by atoms with Gasteiger partial charge in [-0.3, -0.25) is 0 Å². The zero-order valence-corrected chi connectivity index (χ0v) is 12.7. The third-order valence-corrected chi connectivity index (χ3v) is 4.52. The fourth-order valence-corrected chi connectivity index (χ4v) is 3.37. The van der Waals surface area contributed by atoms with Crippen LogP contribution in [0, 0.1) is 10.9 Å². The predicted molar refractivity (Wildman–Crippen MR) is 88.6 cm³/mol. The normalized spacial score (nSPS) is 10.4. The van der Waals surface area contributed by atoms with Gasteiger partial charge in [-0.05, 0) is 30.3 Å². The van der Waals surface area contributed by atoms with Crippen LogP contribution in [-0.4, -0.2) is 4.98 Å². The summed E-state index contributed by atoms with van der Waals surface area (Å²) in [5.74, 6) is 0. The molecule has 0 saturated carbocycles. The Morgan fingerprint density at radius 3 is 2.00 bits per heavy atom. The molecule has 20 heavy (non-hydrogen) atoms. The van der Waals surface area contributed by atoms with Gasteiger partial charge in [0.15, 0.2) is 3.95 Å². The van der Waals surface area contributed by atoms with E-state index in [0.717, 1.165) is 11.3 Å². The molecular weight excluding hydrogens is 282 g/mol. The Morgan fingerprint density at radius 1 is 0.850 bits per heavy atom. The second-order valence-electron chi connectivity index (χ2n) is 4.51. The van der Waals surface area contributed by atoms with Gasteiger partial charge in [0.25, 0.3) is 0 Å². The predicted octanol–water partition coefficient (Wildman–Crippen LogP) is 5.52. The quantitative estimate of drug-likeness (QED) is 0.578. The van der Waals surface area contributed by atoms with E-state index in [1.807, 2.05) is 36.4 Å². The van der Waals surface area contributed by atoms with Crippen molar-refractivity contribution in [2.75, 3.05) is 0 Å². The molecule has 0 aliphatic rings. The molecule has 0 fully saturated rings. The third kappa shape index (κ3) is 2.55. The first-order valence-corrected chi connectivity index (χ1v) is 7.61. The Kier molecular flexibility index (Phi) is 3.72. The minimum absolute atomic E-state index is 0.674. The lowest BCUT2D eigenvalue weighted by Gasteiger charge is -2.10. The van der Waals surface area contributed by atoms with Crippen LogP contribution in [0.1, 0.15) is 5.56 Å². The third-order valence-electron chi connectivity index (χ3n) is 3.17. The summed E-state index contributed by atoms with van der Waals surface area (Å²) in [6.07, 6.45) is 0. The minimum Gasteiger partial charge on any atom is -0.226 e. The van der Waals surface area contributed by atoms with Crippen LogP contribution in [0.4, 0.5) is 0 Å². The van der Waals surface area contributed by atoms with E-state index in [0.29, 0.717) is 3.95 Å². The van der Waals surface area contributed by atoms with Crippen LogP contribution in [0.2, 0.25) is 0 Å². The van der Waals surface area contributed by atoms with Gasteiger partial charge >= 0.3 is 0 Å². The zero-order chi connectivity index (χ0) is 13.9. The second-order valence-corrected chi connectivity index (χ2v) is 6.16. The van der Waals surface area contributed by atoms with Crippen molar-refractivity contribution in [2.24, 2.45) is 0 Å². The van der Waals surface area contributed by atoms with E-state index < -0.39 is 0 Å². The maximum atomic E-state index is 5.35. The molecule has 0 unspecified atom stereocenters. The van der Waals surface area contributed by atoms with Crippen molar-refractivity contribution in [2.45, 2.75) is 6.92 Å². The highest BCUT2D eigenvalue weighted by atomic mass is 32.1. The Balaban J connectivity index is 2.24. The molecule has 1 nitrogen and oxygen atoms in total. The van der Waals surface area contributed by atoms with Crippen molar-refractivity contribution in [1.82, 2.24) is 4.98 Å². The molecule has 98 valence electrons. The monoisotopic (exact) mass is 295 g/mol. The molecule has 1 aromatic heterocycles. The maximum Gasteiger partial charge on any atom is 0.181 e. The van der Waals surface area contributed by atoms with Crippen molar-refractivity contribution in [3.63, 3.8) is 0 Å². The second kappa shape index (κ2) is 5.65. The summed E-state index contributed by atoms with van der Waals surface area (Å²) in [5.41, 5.74) is 4.47. The average Bonchev–Trinajstić information content (AvgIpc) is 2.51. The van der Waals surface area contributed by atoms with E-state index in [1.165, 1.54) is 16.0 Å². The van der Waals surface area contributed by atoms with Gasteiger partial charge in [0.05, 0.1) is 5.69 Å². The van der Waals surface area contributed by atoms with Crippen LogP contribution in [-0.2, 0) is 0 Å². The van der Waals surface area contributed by atoms with Gasteiger partial charge in [-0.2, -0.15) is 0 Å². The number of aromatic nitrogens is 1. The number of nitrogens with zero attached hydrogens (tertiary/aromatic N) is 1. The lowest BCUT2D eigenvalue weighted by Crippen LogP contribution is -1.91. The van der Waals surface area contributed by atoms with Crippen molar-refractivity contribution in [3.8, 4) is 21.7 Å². The highest BCUT2D eigenvalue weighted by Crippen LogP contribution is 2.33. The van der Waals surface area contributed by atoms with E-state index in [1.54, 1.807) is 11.3 Å². The van der Waals surface area contributed by atoms with Crippen LogP contribution >= 0.6 is 23.6 Å². The molecule has 0 bridgehead atoms. The van der Waals surface area contributed by atoms with Gasteiger partial charge in [0, 0.05) is 10.4 Å². The molecule has 0 aliphatic heterocycles. The molecule has 0 amide bonds. The molecule has 0 saturated heterocycles. The van der Waals surface area contributed by atoms with E-state index in [9.17, 15) is 0 Å². The summed E-state index contributed by atoms with van der Waals surface area (Å²) in [7, 11) is 0. The zero-order valence-electron chi connectivity index (χ0n) is 11.0. The molecule has 0 aliphatic carbocycles. The molecule has 0 N–H and O–H groups in total. The Labute approximate surface area is 127 Å². The number of hydrogen-bond donors (Lipinski definition) is 0. The van der Waals surface area contributed by atoms with Crippen molar-refractivity contribution in [1.29, 1.82) is 0 Å². The topological polar surface area (TPSA) is 12.9 Å². The molecule has 3 heteroatoms. The van der Waals surface area contributed by atoms with Crippen molar-refractivity contribution >= 4 is 23.6 Å². The van der Waals surface area contributed by atoms with Crippen LogP contribution < -0.4 is 0 Å². The number of rotatable bonds is 2. The molecule has 1 heterocycles. The SMILES string of the molecule is Cc1c(-c2ccccc2)nc(=S)sc1-c1ccccc1. The van der Waals surface area contributed by atoms with Gasteiger partial charge < -0.3 is 0 Å². The summed E-state index contributed by atoms with van der Waals surface area (Å²) in [4.78, 5) is 5.76. The Morgan fingerprint density at radius 2 is 1.40 bits per heavy atom. The van der Waals surface area contributed by atoms with E-state index in [-0.39, 0.29) is 0 Å². The number of hydrogen-bond acceptors (Lipinski definition) is 3. The largest absolute Gasteiger partial charge is 0.226 e. The molecule has 2 aromatic carbocycles. The van der Waals surface area contributed by atoms with E-state index >= 15 is 0 Å². The summed E-state index contributed by atoms with van der Waals surface area (Å²) in [6, 6.07) is 20.6.